The van der Waals surface area contributed by atoms with Crippen molar-refractivity contribution in [3.63, 3.8) is 0 Å². The molecule has 8 nitrogen and oxygen atoms in total. The average molecular weight is 469 g/mol. The third kappa shape index (κ3) is 6.59. The quantitative estimate of drug-likeness (QED) is 0.493. The van der Waals surface area contributed by atoms with E-state index in [4.69, 9.17) is 9.47 Å². The molecule has 2 N–H and O–H groups in total. The molecule has 2 atom stereocenters. The molecule has 1 fully saturated rings. The lowest BCUT2D eigenvalue weighted by Crippen LogP contribution is -2.22. The Bertz CT molecular complexity index is 990. The van der Waals surface area contributed by atoms with Gasteiger partial charge in [-0.25, -0.2) is 9.59 Å². The molecule has 2 aromatic rings. The lowest BCUT2D eigenvalue weighted by atomic mass is 10.2. The van der Waals surface area contributed by atoms with E-state index in [0.29, 0.717) is 37.4 Å². The number of carbonyl (C=O) groups excluding carboxylic acids is 2. The Hall–Kier alpha value is -3.36. The number of ether oxygens (including phenoxy) is 2. The van der Waals surface area contributed by atoms with E-state index in [1.165, 1.54) is 0 Å². The second kappa shape index (κ2) is 12.2. The van der Waals surface area contributed by atoms with E-state index in [1.54, 1.807) is 31.2 Å². The second-order valence-electron chi connectivity index (χ2n) is 7.96. The maximum Gasteiger partial charge on any atom is 0.338 e. The van der Waals surface area contributed by atoms with E-state index in [1.807, 2.05) is 36.1 Å². The molecule has 2 aromatic carbocycles. The molecule has 2 aliphatic rings. The summed E-state index contributed by atoms with van der Waals surface area (Å²) >= 11 is 0. The number of rotatable bonds is 6. The first-order valence-electron chi connectivity index (χ1n) is 11.5. The van der Waals surface area contributed by atoms with Gasteiger partial charge in [0.05, 0.1) is 36.5 Å². The molecule has 2 unspecified atom stereocenters. The van der Waals surface area contributed by atoms with Gasteiger partial charge >= 0.3 is 11.9 Å². The summed E-state index contributed by atoms with van der Waals surface area (Å²) in [5, 5.41) is 19.0. The smallest absolute Gasteiger partial charge is 0.338 e. The lowest BCUT2D eigenvalue weighted by molar-refractivity contribution is 0.0517. The third-order valence-corrected chi connectivity index (χ3v) is 5.52. The van der Waals surface area contributed by atoms with Crippen LogP contribution >= 0.6 is 0 Å². The summed E-state index contributed by atoms with van der Waals surface area (Å²) in [4.78, 5) is 27.2. The molecular formula is C26H32N2O6. The Morgan fingerprint density at radius 3 is 1.68 bits per heavy atom. The highest BCUT2D eigenvalue weighted by atomic mass is 16.5. The van der Waals surface area contributed by atoms with E-state index in [2.05, 4.69) is 17.1 Å². The summed E-state index contributed by atoms with van der Waals surface area (Å²) in [7, 11) is 0. The number of nitrogens with zero attached hydrogens (tertiary/aromatic N) is 2. The highest BCUT2D eigenvalue weighted by Crippen LogP contribution is 2.22. The zero-order valence-electron chi connectivity index (χ0n) is 19.6. The van der Waals surface area contributed by atoms with Crippen LogP contribution < -0.4 is 9.80 Å². The predicted molar refractivity (Wildman–Crippen MR) is 130 cm³/mol. The third-order valence-electron chi connectivity index (χ3n) is 5.52. The van der Waals surface area contributed by atoms with E-state index >= 15 is 0 Å². The molecule has 4 rings (SSSR count). The molecule has 0 radical (unpaired) electrons. The summed E-state index contributed by atoms with van der Waals surface area (Å²) in [5.74, 6) is -0.615. The Balaban J connectivity index is 0.000000192. The van der Waals surface area contributed by atoms with Crippen molar-refractivity contribution >= 4 is 23.3 Å². The second-order valence-corrected chi connectivity index (χ2v) is 7.96. The van der Waals surface area contributed by atoms with Gasteiger partial charge in [0, 0.05) is 37.6 Å². The molecule has 1 saturated heterocycles. The van der Waals surface area contributed by atoms with E-state index in [-0.39, 0.29) is 11.9 Å². The number of carbonyl (C=O) groups is 2. The summed E-state index contributed by atoms with van der Waals surface area (Å²) in [6.07, 6.45) is 2.76. The maximum absolute atomic E-state index is 11.6. The van der Waals surface area contributed by atoms with Gasteiger partial charge in [0.1, 0.15) is 0 Å². The molecule has 182 valence electrons. The average Bonchev–Trinajstić information content (AvgIpc) is 3.50. The number of esters is 2. The summed E-state index contributed by atoms with van der Waals surface area (Å²) in [5.41, 5.74) is 2.96. The van der Waals surface area contributed by atoms with Crippen LogP contribution in [0, 0.1) is 0 Å². The zero-order chi connectivity index (χ0) is 24.5. The van der Waals surface area contributed by atoms with Crippen LogP contribution in [-0.2, 0) is 9.47 Å². The van der Waals surface area contributed by atoms with E-state index in [9.17, 15) is 19.8 Å². The van der Waals surface area contributed by atoms with Crippen LogP contribution in [0.2, 0.25) is 0 Å². The minimum atomic E-state index is -0.740. The van der Waals surface area contributed by atoms with Crippen molar-refractivity contribution in [1.29, 1.82) is 0 Å². The largest absolute Gasteiger partial charge is 0.462 e. The van der Waals surface area contributed by atoms with Gasteiger partial charge in [-0.05, 0) is 50.2 Å². The van der Waals surface area contributed by atoms with Crippen molar-refractivity contribution in [3.05, 3.63) is 71.8 Å². The minimum Gasteiger partial charge on any atom is -0.462 e. The number of β-amino-alcohol motifs (C(OH)–C–C–N with tert-alkyl or cyclic N) is 2. The Kier molecular flexibility index (Phi) is 9.07. The number of anilines is 2. The predicted octanol–water partition coefficient (Wildman–Crippen LogP) is 2.64. The first-order chi connectivity index (χ1) is 16.4. The van der Waals surface area contributed by atoms with Gasteiger partial charge in [-0.3, -0.25) is 0 Å². The number of hydrogen-bond acceptors (Lipinski definition) is 8. The van der Waals surface area contributed by atoms with Crippen LogP contribution in [0.15, 0.2) is 60.7 Å². The van der Waals surface area contributed by atoms with Crippen molar-refractivity contribution in [1.82, 2.24) is 0 Å². The first kappa shape index (κ1) is 25.3. The van der Waals surface area contributed by atoms with E-state index < -0.39 is 12.2 Å². The molecule has 0 aromatic heterocycles. The van der Waals surface area contributed by atoms with Gasteiger partial charge in [0.15, 0.2) is 0 Å². The molecule has 34 heavy (non-hydrogen) atoms. The Morgan fingerprint density at radius 2 is 1.24 bits per heavy atom. The fourth-order valence-electron chi connectivity index (χ4n) is 3.76. The van der Waals surface area contributed by atoms with Gasteiger partial charge in [-0.15, -0.1) is 0 Å². The summed E-state index contributed by atoms with van der Waals surface area (Å²) < 4.78 is 9.90. The molecule has 0 bridgehead atoms. The van der Waals surface area contributed by atoms with Gasteiger partial charge in [0.2, 0.25) is 0 Å². The van der Waals surface area contributed by atoms with Crippen molar-refractivity contribution in [3.8, 4) is 0 Å². The SMILES string of the molecule is CCOC(=O)c1cccc(N2CC(O)C(O)C2)c1.CCOC(=O)c1cccc(N2CC=CC2)c1. The lowest BCUT2D eigenvalue weighted by Gasteiger charge is -2.18. The van der Waals surface area contributed by atoms with Crippen LogP contribution in [0.4, 0.5) is 11.4 Å². The summed E-state index contributed by atoms with van der Waals surface area (Å²) in [6, 6.07) is 14.6. The number of hydrogen-bond donors (Lipinski definition) is 2. The van der Waals surface area contributed by atoms with E-state index in [0.717, 1.165) is 24.5 Å². The standard InChI is InChI=1S/C13H17NO4.C13H15NO2/c1-2-18-13(17)9-4-3-5-10(6-9)14-7-11(15)12(16)8-14;1-2-16-13(15)11-6-5-7-12(10-11)14-8-3-4-9-14/h3-6,11-12,15-16H,2,7-8H2,1H3;3-7,10H,2,8-9H2,1H3. The number of aliphatic hydroxyl groups excluding tert-OH is 2. The first-order valence-corrected chi connectivity index (χ1v) is 11.5. The highest BCUT2D eigenvalue weighted by molar-refractivity contribution is 5.91. The monoisotopic (exact) mass is 468 g/mol. The fraction of sp³-hybridized carbons (Fsp3) is 0.385. The molecule has 0 amide bonds. The number of aliphatic hydroxyl groups is 2. The molecule has 2 heterocycles. The van der Waals surface area contributed by atoms with Gasteiger partial charge in [0.25, 0.3) is 0 Å². The molecule has 2 aliphatic heterocycles. The molecular weight excluding hydrogens is 436 g/mol. The van der Waals surface area contributed by atoms with Crippen molar-refractivity contribution in [2.24, 2.45) is 0 Å². The Morgan fingerprint density at radius 1 is 0.794 bits per heavy atom. The molecule has 0 aliphatic carbocycles. The molecule has 8 heteroatoms. The van der Waals surface area contributed by atoms with Gasteiger partial charge < -0.3 is 29.5 Å². The minimum absolute atomic E-state index is 0.253. The van der Waals surface area contributed by atoms with Crippen molar-refractivity contribution in [2.75, 3.05) is 49.2 Å². The normalized spacial score (nSPS) is 18.9. The molecule has 0 saturated carbocycles. The van der Waals surface area contributed by atoms with Crippen LogP contribution in [-0.4, -0.2) is 73.8 Å². The van der Waals surface area contributed by atoms with Gasteiger partial charge in [-0.1, -0.05) is 24.3 Å². The summed E-state index contributed by atoms with van der Waals surface area (Å²) in [6.45, 7) is 6.87. The fourth-order valence-corrected chi connectivity index (χ4v) is 3.76. The topological polar surface area (TPSA) is 99.5 Å². The van der Waals surface area contributed by atoms with Crippen molar-refractivity contribution < 1.29 is 29.3 Å². The van der Waals surface area contributed by atoms with Crippen molar-refractivity contribution in [2.45, 2.75) is 26.1 Å². The van der Waals surface area contributed by atoms with Crippen LogP contribution in [0.25, 0.3) is 0 Å². The number of benzene rings is 2. The molecule has 0 spiro atoms. The van der Waals surface area contributed by atoms with Crippen LogP contribution in [0.3, 0.4) is 0 Å². The Labute approximate surface area is 200 Å². The van der Waals surface area contributed by atoms with Crippen LogP contribution in [0.5, 0.6) is 0 Å². The van der Waals surface area contributed by atoms with Crippen LogP contribution in [0.1, 0.15) is 34.6 Å². The van der Waals surface area contributed by atoms with Gasteiger partial charge in [-0.2, -0.15) is 0 Å². The highest BCUT2D eigenvalue weighted by Gasteiger charge is 2.29. The zero-order valence-corrected chi connectivity index (χ0v) is 19.6. The maximum atomic E-state index is 11.6.